The third-order valence-electron chi connectivity index (χ3n) is 2.71. The lowest BCUT2D eigenvalue weighted by molar-refractivity contribution is -0.121. The van der Waals surface area contributed by atoms with Gasteiger partial charge in [0.2, 0.25) is 5.91 Å². The third-order valence-corrected chi connectivity index (χ3v) is 3.27. The minimum Gasteiger partial charge on any atom is -0.349 e. The first-order valence-corrected chi connectivity index (χ1v) is 7.13. The second-order valence-electron chi connectivity index (χ2n) is 4.81. The molecule has 0 aliphatic carbocycles. The standard InChI is InChI=1S/C14H20Cl2N2O/c1-9(2)17-7-6-14(19)18-10(3)12-5-4-11(15)8-13(12)16/h4-5,8-10,17H,6-7H2,1-3H3,(H,18,19). The summed E-state index contributed by atoms with van der Waals surface area (Å²) in [7, 11) is 0. The fourth-order valence-corrected chi connectivity index (χ4v) is 2.29. The summed E-state index contributed by atoms with van der Waals surface area (Å²) in [5.74, 6) is 0.00617. The van der Waals surface area contributed by atoms with Crippen molar-refractivity contribution in [3.63, 3.8) is 0 Å². The molecule has 3 nitrogen and oxygen atoms in total. The second kappa shape index (κ2) is 7.73. The number of carbonyl (C=O) groups excluding carboxylic acids is 1. The highest BCUT2D eigenvalue weighted by atomic mass is 35.5. The molecule has 19 heavy (non-hydrogen) atoms. The Bertz CT molecular complexity index is 435. The average molecular weight is 303 g/mol. The van der Waals surface area contributed by atoms with Gasteiger partial charge in [-0.05, 0) is 24.6 Å². The smallest absolute Gasteiger partial charge is 0.221 e. The van der Waals surface area contributed by atoms with E-state index in [2.05, 4.69) is 10.6 Å². The Kier molecular flexibility index (Phi) is 6.63. The molecule has 0 saturated carbocycles. The van der Waals surface area contributed by atoms with E-state index in [4.69, 9.17) is 23.2 Å². The van der Waals surface area contributed by atoms with Gasteiger partial charge in [0.15, 0.2) is 0 Å². The van der Waals surface area contributed by atoms with Crippen LogP contribution in [0.3, 0.4) is 0 Å². The maximum Gasteiger partial charge on any atom is 0.221 e. The lowest BCUT2D eigenvalue weighted by atomic mass is 10.1. The topological polar surface area (TPSA) is 41.1 Å². The zero-order chi connectivity index (χ0) is 14.4. The van der Waals surface area contributed by atoms with Crippen LogP contribution < -0.4 is 10.6 Å². The van der Waals surface area contributed by atoms with Gasteiger partial charge in [-0.25, -0.2) is 0 Å². The third kappa shape index (κ3) is 5.81. The van der Waals surface area contributed by atoms with E-state index in [9.17, 15) is 4.79 Å². The van der Waals surface area contributed by atoms with Crippen molar-refractivity contribution in [2.75, 3.05) is 6.54 Å². The zero-order valence-corrected chi connectivity index (χ0v) is 13.0. The predicted octanol–water partition coefficient (Wildman–Crippen LogP) is 3.56. The van der Waals surface area contributed by atoms with Crippen molar-refractivity contribution in [1.29, 1.82) is 0 Å². The van der Waals surface area contributed by atoms with Gasteiger partial charge in [0, 0.05) is 29.1 Å². The number of halogens is 2. The van der Waals surface area contributed by atoms with Crippen LogP contribution in [0.1, 0.15) is 38.8 Å². The Morgan fingerprint density at radius 2 is 1.95 bits per heavy atom. The molecule has 0 saturated heterocycles. The van der Waals surface area contributed by atoms with E-state index in [-0.39, 0.29) is 11.9 Å². The molecule has 1 aromatic rings. The van der Waals surface area contributed by atoms with Crippen LogP contribution in [0.4, 0.5) is 0 Å². The molecule has 1 unspecified atom stereocenters. The molecule has 5 heteroatoms. The van der Waals surface area contributed by atoms with Gasteiger partial charge in [0.1, 0.15) is 0 Å². The van der Waals surface area contributed by atoms with Gasteiger partial charge in [0.25, 0.3) is 0 Å². The van der Waals surface area contributed by atoms with E-state index in [1.165, 1.54) is 0 Å². The Morgan fingerprint density at radius 3 is 2.53 bits per heavy atom. The second-order valence-corrected chi connectivity index (χ2v) is 5.66. The van der Waals surface area contributed by atoms with Gasteiger partial charge in [-0.2, -0.15) is 0 Å². The van der Waals surface area contributed by atoms with Crippen molar-refractivity contribution in [1.82, 2.24) is 10.6 Å². The van der Waals surface area contributed by atoms with Gasteiger partial charge in [0.05, 0.1) is 6.04 Å². The van der Waals surface area contributed by atoms with Crippen LogP contribution in [-0.4, -0.2) is 18.5 Å². The van der Waals surface area contributed by atoms with Crippen LogP contribution in [0.5, 0.6) is 0 Å². The number of nitrogens with one attached hydrogen (secondary N) is 2. The maximum absolute atomic E-state index is 11.8. The number of hydrogen-bond acceptors (Lipinski definition) is 2. The van der Waals surface area contributed by atoms with E-state index < -0.39 is 0 Å². The van der Waals surface area contributed by atoms with E-state index in [0.717, 1.165) is 5.56 Å². The fourth-order valence-electron chi connectivity index (χ4n) is 1.72. The van der Waals surface area contributed by atoms with Gasteiger partial charge in [-0.15, -0.1) is 0 Å². The summed E-state index contributed by atoms with van der Waals surface area (Å²) in [5, 5.41) is 7.29. The lowest BCUT2D eigenvalue weighted by Gasteiger charge is -2.16. The molecule has 0 aromatic heterocycles. The molecule has 0 spiro atoms. The highest BCUT2D eigenvalue weighted by Crippen LogP contribution is 2.25. The zero-order valence-electron chi connectivity index (χ0n) is 11.5. The molecule has 1 atom stereocenters. The van der Waals surface area contributed by atoms with Gasteiger partial charge < -0.3 is 10.6 Å². The molecule has 0 aliphatic rings. The highest BCUT2D eigenvalue weighted by Gasteiger charge is 2.12. The molecule has 0 heterocycles. The molecule has 106 valence electrons. The maximum atomic E-state index is 11.8. The molecular formula is C14H20Cl2N2O. The molecule has 0 aliphatic heterocycles. The van der Waals surface area contributed by atoms with Crippen LogP contribution in [0, 0.1) is 0 Å². The fraction of sp³-hybridized carbons (Fsp3) is 0.500. The molecule has 0 bridgehead atoms. The van der Waals surface area contributed by atoms with Crippen molar-refractivity contribution >= 4 is 29.1 Å². The first-order chi connectivity index (χ1) is 8.90. The van der Waals surface area contributed by atoms with Crippen LogP contribution >= 0.6 is 23.2 Å². The van der Waals surface area contributed by atoms with Crippen LogP contribution in [0.25, 0.3) is 0 Å². The Morgan fingerprint density at radius 1 is 1.26 bits per heavy atom. The predicted molar refractivity (Wildman–Crippen MR) is 80.8 cm³/mol. The summed E-state index contributed by atoms with van der Waals surface area (Å²) in [6.07, 6.45) is 0.452. The summed E-state index contributed by atoms with van der Waals surface area (Å²) in [6, 6.07) is 5.54. The summed E-state index contributed by atoms with van der Waals surface area (Å²) < 4.78 is 0. The lowest BCUT2D eigenvalue weighted by Crippen LogP contribution is -2.32. The molecule has 1 aromatic carbocycles. The summed E-state index contributed by atoms with van der Waals surface area (Å²) >= 11 is 12.0. The van der Waals surface area contributed by atoms with Crippen molar-refractivity contribution < 1.29 is 4.79 Å². The van der Waals surface area contributed by atoms with E-state index in [1.807, 2.05) is 26.8 Å². The molecule has 1 rings (SSSR count). The Balaban J connectivity index is 2.49. The van der Waals surface area contributed by atoms with Crippen LogP contribution in [0.15, 0.2) is 18.2 Å². The first kappa shape index (κ1) is 16.3. The van der Waals surface area contributed by atoms with Gasteiger partial charge >= 0.3 is 0 Å². The highest BCUT2D eigenvalue weighted by molar-refractivity contribution is 6.35. The molecule has 0 radical (unpaired) electrons. The summed E-state index contributed by atoms with van der Waals surface area (Å²) in [5.41, 5.74) is 0.872. The van der Waals surface area contributed by atoms with Crippen molar-refractivity contribution in [3.8, 4) is 0 Å². The molecule has 2 N–H and O–H groups in total. The van der Waals surface area contributed by atoms with E-state index in [0.29, 0.717) is 29.1 Å². The number of hydrogen-bond donors (Lipinski definition) is 2. The largest absolute Gasteiger partial charge is 0.349 e. The van der Waals surface area contributed by atoms with Gasteiger partial charge in [-0.3, -0.25) is 4.79 Å². The van der Waals surface area contributed by atoms with Crippen LogP contribution in [-0.2, 0) is 4.79 Å². The van der Waals surface area contributed by atoms with E-state index >= 15 is 0 Å². The van der Waals surface area contributed by atoms with Gasteiger partial charge in [-0.1, -0.05) is 43.1 Å². The minimum atomic E-state index is -0.128. The summed E-state index contributed by atoms with van der Waals surface area (Å²) in [6.45, 7) is 6.68. The number of rotatable bonds is 6. The normalized spacial score (nSPS) is 12.5. The Hall–Kier alpha value is -0.770. The average Bonchev–Trinajstić information content (AvgIpc) is 2.27. The Labute approximate surface area is 124 Å². The summed E-state index contributed by atoms with van der Waals surface area (Å²) in [4.78, 5) is 11.8. The molecule has 0 fully saturated rings. The minimum absolute atomic E-state index is 0.00617. The first-order valence-electron chi connectivity index (χ1n) is 6.38. The SMILES string of the molecule is CC(C)NCCC(=O)NC(C)c1ccc(Cl)cc1Cl. The van der Waals surface area contributed by atoms with Crippen molar-refractivity contribution in [2.45, 2.75) is 39.3 Å². The number of carbonyl (C=O) groups is 1. The van der Waals surface area contributed by atoms with Crippen LogP contribution in [0.2, 0.25) is 10.0 Å². The van der Waals surface area contributed by atoms with E-state index in [1.54, 1.807) is 12.1 Å². The number of amides is 1. The quantitative estimate of drug-likeness (QED) is 0.843. The molecule has 1 amide bonds. The number of benzene rings is 1. The monoisotopic (exact) mass is 302 g/mol. The van der Waals surface area contributed by atoms with Crippen molar-refractivity contribution in [3.05, 3.63) is 33.8 Å². The van der Waals surface area contributed by atoms with Crippen molar-refractivity contribution in [2.24, 2.45) is 0 Å². The molecular weight excluding hydrogens is 283 g/mol.